The maximum atomic E-state index is 2.45. The topological polar surface area (TPSA) is 0 Å². The molecule has 23 heavy (non-hydrogen) atoms. The van der Waals surface area contributed by atoms with Crippen molar-refractivity contribution < 1.29 is 0 Å². The van der Waals surface area contributed by atoms with Crippen molar-refractivity contribution in [2.24, 2.45) is 5.41 Å². The van der Waals surface area contributed by atoms with Crippen molar-refractivity contribution in [1.82, 2.24) is 0 Å². The van der Waals surface area contributed by atoms with E-state index in [9.17, 15) is 0 Å². The van der Waals surface area contributed by atoms with Crippen LogP contribution in [0.4, 0.5) is 0 Å². The molecule has 0 fully saturated rings. The lowest BCUT2D eigenvalue weighted by Crippen LogP contribution is -2.44. The fourth-order valence-electron chi connectivity index (χ4n) is 3.63. The van der Waals surface area contributed by atoms with Crippen LogP contribution in [0.2, 0.25) is 0 Å². The first-order valence-corrected chi connectivity index (χ1v) is 10.2. The summed E-state index contributed by atoms with van der Waals surface area (Å²) in [4.78, 5) is 0. The van der Waals surface area contributed by atoms with Gasteiger partial charge in [-0.25, -0.2) is 0 Å². The average molecular weight is 319 g/mol. The molecule has 0 nitrogen and oxygen atoms in total. The summed E-state index contributed by atoms with van der Waals surface area (Å²) in [5.74, 6) is 0. The predicted octanol–water partition coefficient (Wildman–Crippen LogP) is 4.26. The summed E-state index contributed by atoms with van der Waals surface area (Å²) in [5.41, 5.74) is 3.29. The summed E-state index contributed by atoms with van der Waals surface area (Å²) in [5, 5.41) is 4.75. The van der Waals surface area contributed by atoms with Crippen molar-refractivity contribution in [3.05, 3.63) is 83.1 Å². The van der Waals surface area contributed by atoms with Crippen molar-refractivity contribution >= 4 is 19.2 Å². The molecule has 0 aliphatic heterocycles. The lowest BCUT2D eigenvalue weighted by atomic mass is 9.87. The minimum atomic E-state index is -1.37. The monoisotopic (exact) mass is 318 g/mol. The minimum absolute atomic E-state index is 0.210. The first-order chi connectivity index (χ1) is 11.0. The standard InChI is InChI=1S/C22H26Si/c1-17-15-20(22(2,3)4)21(16-17)23(18-11-7-5-8-12-18)19-13-9-6-10-14-19/h5-15,23H,16H2,1-4H3. The Kier molecular flexibility index (Phi) is 4.41. The second-order valence-electron chi connectivity index (χ2n) is 7.61. The number of benzene rings is 2. The molecule has 118 valence electrons. The molecular formula is C22H26Si. The molecule has 0 saturated carbocycles. The van der Waals surface area contributed by atoms with Gasteiger partial charge < -0.3 is 0 Å². The van der Waals surface area contributed by atoms with Crippen LogP contribution in [0.3, 0.4) is 0 Å². The summed E-state index contributed by atoms with van der Waals surface area (Å²) in [7, 11) is -1.37. The minimum Gasteiger partial charge on any atom is -0.0693 e. The fourth-order valence-corrected chi connectivity index (χ4v) is 7.38. The predicted molar refractivity (Wildman–Crippen MR) is 104 cm³/mol. The summed E-state index contributed by atoms with van der Waals surface area (Å²) < 4.78 is 0. The van der Waals surface area contributed by atoms with Gasteiger partial charge in [0.25, 0.3) is 0 Å². The first kappa shape index (κ1) is 16.0. The van der Waals surface area contributed by atoms with E-state index in [1.54, 1.807) is 10.8 Å². The highest BCUT2D eigenvalue weighted by Gasteiger charge is 2.30. The Labute approximate surface area is 142 Å². The van der Waals surface area contributed by atoms with Crippen LogP contribution in [0.25, 0.3) is 0 Å². The van der Waals surface area contributed by atoms with E-state index in [4.69, 9.17) is 0 Å². The van der Waals surface area contributed by atoms with E-state index in [2.05, 4.69) is 94.4 Å². The van der Waals surface area contributed by atoms with Gasteiger partial charge in [-0.2, -0.15) is 0 Å². The van der Waals surface area contributed by atoms with Crippen LogP contribution < -0.4 is 10.4 Å². The highest BCUT2D eigenvalue weighted by Crippen LogP contribution is 2.38. The number of hydrogen-bond acceptors (Lipinski definition) is 0. The van der Waals surface area contributed by atoms with Crippen LogP contribution in [0, 0.1) is 5.41 Å². The molecule has 3 rings (SSSR count). The first-order valence-electron chi connectivity index (χ1n) is 8.47. The number of hydrogen-bond donors (Lipinski definition) is 0. The Morgan fingerprint density at radius 1 is 0.783 bits per heavy atom. The lowest BCUT2D eigenvalue weighted by molar-refractivity contribution is 0.516. The smallest absolute Gasteiger partial charge is 0.0693 e. The van der Waals surface area contributed by atoms with Gasteiger partial charge in [0.2, 0.25) is 0 Å². The van der Waals surface area contributed by atoms with E-state index in [-0.39, 0.29) is 5.41 Å². The zero-order chi connectivity index (χ0) is 16.4. The molecule has 2 aromatic carbocycles. The van der Waals surface area contributed by atoms with Gasteiger partial charge in [-0.1, -0.05) is 109 Å². The number of allylic oxidation sites excluding steroid dienone is 4. The third kappa shape index (κ3) is 3.40. The summed E-state index contributed by atoms with van der Waals surface area (Å²) >= 11 is 0. The van der Waals surface area contributed by atoms with E-state index >= 15 is 0 Å². The molecule has 0 heterocycles. The van der Waals surface area contributed by atoms with Gasteiger partial charge in [-0.3, -0.25) is 0 Å². The van der Waals surface area contributed by atoms with Crippen LogP contribution in [0.15, 0.2) is 83.1 Å². The Bertz CT molecular complexity index is 691. The highest BCUT2D eigenvalue weighted by atomic mass is 28.3. The summed E-state index contributed by atoms with van der Waals surface area (Å²) in [6.45, 7) is 9.32. The molecule has 0 spiro atoms. The SMILES string of the molecule is CC1=CC(C(C)(C)C)=C([SiH](c2ccccc2)c2ccccc2)C1. The van der Waals surface area contributed by atoms with Gasteiger partial charge in [0.15, 0.2) is 0 Å². The van der Waals surface area contributed by atoms with Gasteiger partial charge in [0.05, 0.1) is 0 Å². The van der Waals surface area contributed by atoms with Gasteiger partial charge in [0.1, 0.15) is 8.80 Å². The third-order valence-corrected chi connectivity index (χ3v) is 7.94. The Balaban J connectivity index is 2.17. The van der Waals surface area contributed by atoms with Crippen molar-refractivity contribution in [1.29, 1.82) is 0 Å². The molecule has 0 atom stereocenters. The molecule has 1 aliphatic rings. The summed E-state index contributed by atoms with van der Waals surface area (Å²) in [6, 6.07) is 22.3. The van der Waals surface area contributed by atoms with Crippen LogP contribution in [0.5, 0.6) is 0 Å². The van der Waals surface area contributed by atoms with Crippen LogP contribution in [-0.4, -0.2) is 8.80 Å². The molecule has 0 N–H and O–H groups in total. The fraction of sp³-hybridized carbons (Fsp3) is 0.273. The largest absolute Gasteiger partial charge is 0.129 e. The highest BCUT2D eigenvalue weighted by molar-refractivity contribution is 6.91. The molecule has 0 bridgehead atoms. The molecule has 2 aromatic rings. The normalized spacial score (nSPS) is 15.3. The van der Waals surface area contributed by atoms with Gasteiger partial charge in [-0.05, 0) is 24.3 Å². The van der Waals surface area contributed by atoms with E-state index in [0.717, 1.165) is 6.42 Å². The third-order valence-electron chi connectivity index (χ3n) is 4.63. The Hall–Kier alpha value is -1.86. The molecule has 1 aliphatic carbocycles. The Morgan fingerprint density at radius 2 is 1.26 bits per heavy atom. The zero-order valence-electron chi connectivity index (χ0n) is 14.6. The van der Waals surface area contributed by atoms with Crippen LogP contribution in [-0.2, 0) is 0 Å². The molecular weight excluding hydrogens is 292 g/mol. The van der Waals surface area contributed by atoms with Crippen molar-refractivity contribution in [3.63, 3.8) is 0 Å². The van der Waals surface area contributed by atoms with E-state index in [1.165, 1.54) is 15.9 Å². The van der Waals surface area contributed by atoms with Crippen molar-refractivity contribution in [2.75, 3.05) is 0 Å². The average Bonchev–Trinajstić information content (AvgIpc) is 2.92. The molecule has 0 saturated heterocycles. The maximum Gasteiger partial charge on any atom is 0.129 e. The van der Waals surface area contributed by atoms with Gasteiger partial charge >= 0.3 is 0 Å². The molecule has 0 aromatic heterocycles. The van der Waals surface area contributed by atoms with Crippen molar-refractivity contribution in [3.8, 4) is 0 Å². The molecule has 1 heteroatoms. The second-order valence-corrected chi connectivity index (χ2v) is 10.5. The lowest BCUT2D eigenvalue weighted by Gasteiger charge is -2.26. The van der Waals surface area contributed by atoms with Crippen LogP contribution >= 0.6 is 0 Å². The van der Waals surface area contributed by atoms with Crippen LogP contribution in [0.1, 0.15) is 34.1 Å². The quantitative estimate of drug-likeness (QED) is 0.742. The van der Waals surface area contributed by atoms with E-state index in [0.29, 0.717) is 0 Å². The van der Waals surface area contributed by atoms with Gasteiger partial charge in [-0.15, -0.1) is 0 Å². The van der Waals surface area contributed by atoms with E-state index in [1.807, 2.05) is 0 Å². The second kappa shape index (κ2) is 6.33. The van der Waals surface area contributed by atoms with Crippen molar-refractivity contribution in [2.45, 2.75) is 34.1 Å². The molecule has 0 radical (unpaired) electrons. The molecule has 0 unspecified atom stereocenters. The number of rotatable bonds is 3. The Morgan fingerprint density at radius 3 is 1.70 bits per heavy atom. The molecule has 0 amide bonds. The summed E-state index contributed by atoms with van der Waals surface area (Å²) in [6.07, 6.45) is 3.59. The van der Waals surface area contributed by atoms with E-state index < -0.39 is 8.80 Å². The van der Waals surface area contributed by atoms with Gasteiger partial charge in [0, 0.05) is 0 Å². The maximum absolute atomic E-state index is 2.45. The zero-order valence-corrected chi connectivity index (χ0v) is 15.8.